The Labute approximate surface area is 125 Å². The molecule has 0 aliphatic carbocycles. The lowest BCUT2D eigenvalue weighted by atomic mass is 9.85. The molecule has 2 aliphatic rings. The van der Waals surface area contributed by atoms with Crippen LogP contribution in [-0.2, 0) is 20.8 Å². The summed E-state index contributed by atoms with van der Waals surface area (Å²) in [5.41, 5.74) is -0.157. The molecule has 0 N–H and O–H groups in total. The number of carbonyl (C=O) groups is 1. The zero-order chi connectivity index (χ0) is 14.7. The van der Waals surface area contributed by atoms with Gasteiger partial charge in [-0.2, -0.15) is 0 Å². The van der Waals surface area contributed by atoms with Gasteiger partial charge in [0.15, 0.2) is 0 Å². The molecule has 1 aromatic rings. The number of aromatic nitrogens is 2. The Kier molecular flexibility index (Phi) is 4.26. The van der Waals surface area contributed by atoms with E-state index in [2.05, 4.69) is 4.98 Å². The summed E-state index contributed by atoms with van der Waals surface area (Å²) in [4.78, 5) is 18.3. The third-order valence-corrected chi connectivity index (χ3v) is 4.69. The van der Waals surface area contributed by atoms with Crippen molar-refractivity contribution in [3.8, 4) is 0 Å². The summed E-state index contributed by atoms with van der Waals surface area (Å²) in [5, 5.41) is 0. The highest BCUT2D eigenvalue weighted by Gasteiger charge is 2.47. The maximum Gasteiger partial charge on any atom is 0.224 e. The van der Waals surface area contributed by atoms with Crippen molar-refractivity contribution in [1.82, 2.24) is 14.5 Å². The number of piperidine rings is 1. The normalized spacial score (nSPS) is 29.2. The summed E-state index contributed by atoms with van der Waals surface area (Å²) in [5.74, 6) is 0.179. The number of imidazole rings is 1. The molecule has 0 unspecified atom stereocenters. The second kappa shape index (κ2) is 6.15. The third-order valence-electron chi connectivity index (χ3n) is 4.69. The predicted octanol–water partition coefficient (Wildman–Crippen LogP) is 1.07. The van der Waals surface area contributed by atoms with Crippen molar-refractivity contribution in [3.05, 3.63) is 18.7 Å². The quantitative estimate of drug-likeness (QED) is 0.833. The van der Waals surface area contributed by atoms with Crippen LogP contribution < -0.4 is 0 Å². The van der Waals surface area contributed by atoms with E-state index < -0.39 is 0 Å². The Balaban J connectivity index is 1.56. The van der Waals surface area contributed by atoms with Crippen molar-refractivity contribution >= 4 is 5.91 Å². The molecule has 2 fully saturated rings. The number of hydrogen-bond donors (Lipinski definition) is 0. The van der Waals surface area contributed by atoms with Gasteiger partial charge in [0.2, 0.25) is 5.91 Å². The first-order chi connectivity index (χ1) is 10.2. The number of amides is 1. The molecule has 116 valence electrons. The van der Waals surface area contributed by atoms with E-state index in [1.54, 1.807) is 19.6 Å². The molecule has 21 heavy (non-hydrogen) atoms. The van der Waals surface area contributed by atoms with E-state index in [1.165, 1.54) is 0 Å². The topological polar surface area (TPSA) is 56.6 Å². The second-order valence-electron chi connectivity index (χ2n) is 5.88. The van der Waals surface area contributed by atoms with Crippen LogP contribution in [-0.4, -0.2) is 58.9 Å². The van der Waals surface area contributed by atoms with Gasteiger partial charge in [-0.3, -0.25) is 4.79 Å². The van der Waals surface area contributed by atoms with Gasteiger partial charge in [-0.15, -0.1) is 0 Å². The molecule has 0 bridgehead atoms. The smallest absolute Gasteiger partial charge is 0.224 e. The summed E-state index contributed by atoms with van der Waals surface area (Å²) in [7, 11) is 1.72. The first-order valence-electron chi connectivity index (χ1n) is 7.64. The summed E-state index contributed by atoms with van der Waals surface area (Å²) >= 11 is 0. The highest BCUT2D eigenvalue weighted by atomic mass is 16.5. The fourth-order valence-corrected chi connectivity index (χ4v) is 3.43. The predicted molar refractivity (Wildman–Crippen MR) is 76.8 cm³/mol. The van der Waals surface area contributed by atoms with E-state index in [-0.39, 0.29) is 17.6 Å². The number of methoxy groups -OCH3 is 1. The molecule has 0 aromatic carbocycles. The van der Waals surface area contributed by atoms with Crippen LogP contribution in [0.4, 0.5) is 0 Å². The lowest BCUT2D eigenvalue weighted by molar-refractivity contribution is -0.158. The van der Waals surface area contributed by atoms with Crippen LogP contribution in [0.2, 0.25) is 0 Å². The third kappa shape index (κ3) is 2.96. The molecule has 0 saturated carbocycles. The molecule has 2 saturated heterocycles. The van der Waals surface area contributed by atoms with Crippen LogP contribution in [0, 0.1) is 0 Å². The minimum absolute atomic E-state index is 0.00838. The lowest BCUT2D eigenvalue weighted by Crippen LogP contribution is -2.57. The van der Waals surface area contributed by atoms with E-state index in [9.17, 15) is 4.79 Å². The molecule has 1 aromatic heterocycles. The molecule has 1 spiro atoms. The van der Waals surface area contributed by atoms with E-state index >= 15 is 0 Å². The number of aryl methyl sites for hydroxylation is 1. The van der Waals surface area contributed by atoms with E-state index in [0.717, 1.165) is 32.4 Å². The van der Waals surface area contributed by atoms with Gasteiger partial charge in [0.25, 0.3) is 0 Å². The maximum atomic E-state index is 12.4. The number of carbonyl (C=O) groups excluding carboxylic acids is 1. The number of nitrogens with zero attached hydrogens (tertiary/aromatic N) is 3. The van der Waals surface area contributed by atoms with Gasteiger partial charge in [0.05, 0.1) is 11.9 Å². The molecule has 6 nitrogen and oxygen atoms in total. The Morgan fingerprint density at radius 2 is 2.43 bits per heavy atom. The van der Waals surface area contributed by atoms with Crippen LogP contribution in [0.5, 0.6) is 0 Å². The first-order valence-corrected chi connectivity index (χ1v) is 7.64. The molecule has 3 rings (SSSR count). The Morgan fingerprint density at radius 1 is 1.52 bits per heavy atom. The first kappa shape index (κ1) is 14.5. The van der Waals surface area contributed by atoms with E-state index in [0.29, 0.717) is 19.5 Å². The van der Waals surface area contributed by atoms with Gasteiger partial charge >= 0.3 is 0 Å². The minimum Gasteiger partial charge on any atom is -0.377 e. The Hall–Kier alpha value is -1.40. The van der Waals surface area contributed by atoms with Crippen molar-refractivity contribution in [1.29, 1.82) is 0 Å². The van der Waals surface area contributed by atoms with Gasteiger partial charge in [0.1, 0.15) is 6.10 Å². The molecule has 6 heteroatoms. The standard InChI is InChI=1S/C15H23N3O3/c1-20-13-11-18(8-5-15(13)4-2-10-21-15)14(19)3-7-17-9-6-16-12-17/h6,9,12-13H,2-5,7-8,10-11H2,1H3/t13-,15-/m0/s1. The number of ether oxygens (including phenoxy) is 2. The SMILES string of the molecule is CO[C@H]1CN(C(=O)CCn2ccnc2)CC[C@@]12CCCO2. The highest BCUT2D eigenvalue weighted by molar-refractivity contribution is 5.76. The van der Waals surface area contributed by atoms with Crippen LogP contribution in [0.15, 0.2) is 18.7 Å². The lowest BCUT2D eigenvalue weighted by Gasteiger charge is -2.44. The molecule has 3 heterocycles. The van der Waals surface area contributed by atoms with Gasteiger partial charge in [0, 0.05) is 52.2 Å². The number of hydrogen-bond acceptors (Lipinski definition) is 4. The average molecular weight is 293 g/mol. The van der Waals surface area contributed by atoms with Crippen molar-refractivity contribution in [2.75, 3.05) is 26.8 Å². The summed E-state index contributed by atoms with van der Waals surface area (Å²) in [6.07, 6.45) is 8.85. The van der Waals surface area contributed by atoms with Crippen LogP contribution in [0.3, 0.4) is 0 Å². The van der Waals surface area contributed by atoms with Gasteiger partial charge in [-0.05, 0) is 19.3 Å². The summed E-state index contributed by atoms with van der Waals surface area (Å²) in [6, 6.07) is 0. The van der Waals surface area contributed by atoms with Gasteiger partial charge in [-0.1, -0.05) is 0 Å². The molecular formula is C15H23N3O3. The van der Waals surface area contributed by atoms with Crippen LogP contribution in [0.1, 0.15) is 25.7 Å². The molecule has 2 atom stereocenters. The van der Waals surface area contributed by atoms with E-state index in [1.807, 2.05) is 15.7 Å². The van der Waals surface area contributed by atoms with Crippen LogP contribution >= 0.6 is 0 Å². The zero-order valence-electron chi connectivity index (χ0n) is 12.5. The largest absolute Gasteiger partial charge is 0.377 e. The Morgan fingerprint density at radius 3 is 3.10 bits per heavy atom. The highest BCUT2D eigenvalue weighted by Crippen LogP contribution is 2.37. The van der Waals surface area contributed by atoms with Crippen molar-refractivity contribution in [3.63, 3.8) is 0 Å². The van der Waals surface area contributed by atoms with Crippen molar-refractivity contribution in [2.24, 2.45) is 0 Å². The Bertz CT molecular complexity index is 469. The van der Waals surface area contributed by atoms with Crippen LogP contribution in [0.25, 0.3) is 0 Å². The number of likely N-dealkylation sites (tertiary alicyclic amines) is 1. The monoisotopic (exact) mass is 293 g/mol. The zero-order valence-corrected chi connectivity index (χ0v) is 12.5. The van der Waals surface area contributed by atoms with Gasteiger partial charge in [-0.25, -0.2) is 4.98 Å². The van der Waals surface area contributed by atoms with E-state index in [4.69, 9.17) is 9.47 Å². The molecule has 0 radical (unpaired) electrons. The molecule has 2 aliphatic heterocycles. The summed E-state index contributed by atoms with van der Waals surface area (Å²) in [6.45, 7) is 2.89. The average Bonchev–Trinajstić information content (AvgIpc) is 3.17. The number of rotatable bonds is 4. The van der Waals surface area contributed by atoms with Crippen molar-refractivity contribution in [2.45, 2.75) is 43.9 Å². The second-order valence-corrected chi connectivity index (χ2v) is 5.88. The molecular weight excluding hydrogens is 270 g/mol. The summed E-state index contributed by atoms with van der Waals surface area (Å²) < 4.78 is 13.5. The van der Waals surface area contributed by atoms with Gasteiger partial charge < -0.3 is 18.9 Å². The fourth-order valence-electron chi connectivity index (χ4n) is 3.43. The fraction of sp³-hybridized carbons (Fsp3) is 0.733. The molecule has 1 amide bonds. The minimum atomic E-state index is -0.157. The maximum absolute atomic E-state index is 12.4. The van der Waals surface area contributed by atoms with Crippen molar-refractivity contribution < 1.29 is 14.3 Å².